The lowest BCUT2D eigenvalue weighted by Crippen LogP contribution is -2.55. The molecule has 13 nitrogen and oxygen atoms in total. The van der Waals surface area contributed by atoms with E-state index in [2.05, 4.69) is 15.1 Å². The molecule has 0 bridgehead atoms. The van der Waals surface area contributed by atoms with Gasteiger partial charge in [0.25, 0.3) is 0 Å². The van der Waals surface area contributed by atoms with Crippen molar-refractivity contribution in [3.8, 4) is 17.2 Å². The molecule has 0 aromatic heterocycles. The van der Waals surface area contributed by atoms with Gasteiger partial charge in [0, 0.05) is 85.4 Å². The normalized spacial score (nSPS) is 33.2. The summed E-state index contributed by atoms with van der Waals surface area (Å²) in [7, 11) is 5.14. The number of phenolic OH excluding ortho intramolecular Hbond substituents is 2. The molecule has 3 aromatic rings. The van der Waals surface area contributed by atoms with Crippen molar-refractivity contribution in [3.63, 3.8) is 0 Å². The van der Waals surface area contributed by atoms with Crippen molar-refractivity contribution in [1.82, 2.24) is 15.1 Å². The summed E-state index contributed by atoms with van der Waals surface area (Å²) in [5.74, 6) is 0.130. The number of hydrogen-bond donors (Lipinski definition) is 4. The third-order valence-electron chi connectivity index (χ3n) is 11.9. The summed E-state index contributed by atoms with van der Waals surface area (Å²) < 4.78 is 36.5. The number of aliphatic hydroxyl groups is 1. The largest absolute Gasteiger partial charge is 0.507 e. The second-order valence-electron chi connectivity index (χ2n) is 14.7. The van der Waals surface area contributed by atoms with Gasteiger partial charge in [-0.15, -0.1) is 0 Å². The first-order valence-corrected chi connectivity index (χ1v) is 18.1. The number of ketones is 1. The number of carbonyl (C=O) groups excluding carboxylic acids is 1. The van der Waals surface area contributed by atoms with Crippen LogP contribution in [0.5, 0.6) is 17.2 Å². The maximum absolute atomic E-state index is 14.1. The quantitative estimate of drug-likeness (QED) is 0.201. The zero-order chi connectivity index (χ0) is 35.6. The number of methoxy groups -OCH3 is 2. The number of piperidine rings is 1. The van der Waals surface area contributed by atoms with E-state index >= 15 is 0 Å². The number of likely N-dealkylation sites (tertiary alicyclic amines) is 1. The summed E-state index contributed by atoms with van der Waals surface area (Å²) in [6.45, 7) is 4.66. The zero-order valence-corrected chi connectivity index (χ0v) is 29.7. The molecular formula is C38H49N3O10. The molecule has 13 heteroatoms. The summed E-state index contributed by atoms with van der Waals surface area (Å²) >= 11 is 0. The van der Waals surface area contributed by atoms with E-state index in [0.29, 0.717) is 53.3 Å². The highest BCUT2D eigenvalue weighted by Crippen LogP contribution is 2.52. The highest BCUT2D eigenvalue weighted by Gasteiger charge is 2.54. The Balaban J connectivity index is 1.16. The van der Waals surface area contributed by atoms with E-state index in [0.717, 1.165) is 36.7 Å². The fourth-order valence-corrected chi connectivity index (χ4v) is 9.10. The number of hydrogen-bond acceptors (Lipinski definition) is 13. The highest BCUT2D eigenvalue weighted by molar-refractivity contribution is 6.07. The van der Waals surface area contributed by atoms with Gasteiger partial charge in [-0.05, 0) is 50.4 Å². The van der Waals surface area contributed by atoms with E-state index in [1.165, 1.54) is 0 Å². The lowest BCUT2D eigenvalue weighted by Gasteiger charge is -2.43. The third-order valence-corrected chi connectivity index (χ3v) is 11.9. The van der Waals surface area contributed by atoms with Crippen LogP contribution in [0.2, 0.25) is 0 Å². The number of ether oxygens (including phenoxy) is 6. The van der Waals surface area contributed by atoms with E-state index < -0.39 is 24.3 Å². The molecule has 8 rings (SSSR count). The number of carbonyl (C=O) groups is 1. The Labute approximate surface area is 297 Å². The molecule has 4 heterocycles. The van der Waals surface area contributed by atoms with Gasteiger partial charge >= 0.3 is 0 Å². The van der Waals surface area contributed by atoms with E-state index in [9.17, 15) is 20.1 Å². The molecule has 4 aliphatic heterocycles. The fourth-order valence-electron chi connectivity index (χ4n) is 9.10. The number of benzene rings is 3. The van der Waals surface area contributed by atoms with Gasteiger partial charge in [0.1, 0.15) is 29.0 Å². The van der Waals surface area contributed by atoms with Gasteiger partial charge < -0.3 is 49.1 Å². The van der Waals surface area contributed by atoms with E-state index in [-0.39, 0.29) is 61.1 Å². The molecule has 276 valence electrons. The van der Waals surface area contributed by atoms with Crippen LogP contribution in [0.15, 0.2) is 30.3 Å². The average Bonchev–Trinajstić information content (AvgIpc) is 3.52. The first-order valence-electron chi connectivity index (χ1n) is 18.1. The SMILES string of the molecule is CNC1CCN(CC(=O)[C@]2(O)Cc3c(c(O)c4cc5c(OC)cccc5cc4c3O)[C@@H](O[C@H]3C[C@H]4[C@H](O[C@@H]5[C@@H](OC)OCCN54)[C@H](C)O3)C2)CC1. The second-order valence-corrected chi connectivity index (χ2v) is 14.7. The Hall–Kier alpha value is -3.11. The molecular weight excluding hydrogens is 658 g/mol. The molecule has 0 spiro atoms. The Morgan fingerprint density at radius 2 is 1.84 bits per heavy atom. The summed E-state index contributed by atoms with van der Waals surface area (Å²) in [6, 6.07) is 9.58. The number of morpholine rings is 1. The van der Waals surface area contributed by atoms with Crippen molar-refractivity contribution in [2.75, 3.05) is 54.1 Å². The topological polar surface area (TPSA) is 152 Å². The fraction of sp³-hybridized carbons (Fsp3) is 0.605. The van der Waals surface area contributed by atoms with Crippen LogP contribution >= 0.6 is 0 Å². The van der Waals surface area contributed by atoms with Gasteiger partial charge in [0.15, 0.2) is 24.6 Å². The van der Waals surface area contributed by atoms with E-state index in [1.807, 2.05) is 32.2 Å². The Morgan fingerprint density at radius 1 is 1.06 bits per heavy atom. The van der Waals surface area contributed by atoms with Crippen molar-refractivity contribution in [1.29, 1.82) is 0 Å². The number of fused-ring (bicyclic) bond motifs is 6. The van der Waals surface area contributed by atoms with Gasteiger partial charge in [-0.1, -0.05) is 12.1 Å². The smallest absolute Gasteiger partial charge is 0.197 e. The number of phenols is 2. The lowest BCUT2D eigenvalue weighted by molar-refractivity contribution is -0.256. The minimum atomic E-state index is -1.85. The summed E-state index contributed by atoms with van der Waals surface area (Å²) in [4.78, 5) is 18.4. The number of rotatable bonds is 8. The predicted octanol–water partition coefficient (Wildman–Crippen LogP) is 2.93. The van der Waals surface area contributed by atoms with Crippen LogP contribution in [0.4, 0.5) is 0 Å². The molecule has 0 amide bonds. The van der Waals surface area contributed by atoms with Gasteiger partial charge in [-0.3, -0.25) is 14.6 Å². The Morgan fingerprint density at radius 3 is 2.59 bits per heavy atom. The lowest BCUT2D eigenvalue weighted by atomic mass is 9.74. The van der Waals surface area contributed by atoms with Gasteiger partial charge in [-0.2, -0.15) is 0 Å². The van der Waals surface area contributed by atoms with Crippen molar-refractivity contribution in [2.45, 2.75) is 93.8 Å². The first kappa shape index (κ1) is 34.9. The summed E-state index contributed by atoms with van der Waals surface area (Å²) in [5.41, 5.74) is -1.20. The molecule has 8 atom stereocenters. The molecule has 5 aliphatic rings. The third kappa shape index (κ3) is 6.06. The number of nitrogens with one attached hydrogen (secondary N) is 1. The van der Waals surface area contributed by atoms with Crippen LogP contribution < -0.4 is 10.1 Å². The Kier molecular flexibility index (Phi) is 9.39. The molecule has 0 saturated carbocycles. The van der Waals surface area contributed by atoms with Gasteiger partial charge in [-0.25, -0.2) is 0 Å². The minimum Gasteiger partial charge on any atom is -0.507 e. The van der Waals surface area contributed by atoms with E-state index in [4.69, 9.17) is 28.4 Å². The molecule has 4 N–H and O–H groups in total. The number of Topliss-reactive ketones (excluding diaryl/α,β-unsaturated/α-hetero) is 1. The maximum Gasteiger partial charge on any atom is 0.197 e. The van der Waals surface area contributed by atoms with Crippen molar-refractivity contribution < 1.29 is 48.5 Å². The maximum atomic E-state index is 14.1. The molecule has 4 saturated heterocycles. The van der Waals surface area contributed by atoms with Crippen LogP contribution in [0.1, 0.15) is 49.8 Å². The van der Waals surface area contributed by atoms with Gasteiger partial charge in [0.2, 0.25) is 0 Å². The van der Waals surface area contributed by atoms with E-state index in [1.54, 1.807) is 26.4 Å². The van der Waals surface area contributed by atoms with Crippen LogP contribution in [-0.4, -0.2) is 134 Å². The standard InChI is InChI=1S/C38H49N3O10/c1-20-35-27(41-12-13-48-37(47-4)36(41)51-35)16-31(49-20)50-29-18-38(45,30(42)19-40-10-8-22(39-2)9-11-40)17-26-32(29)34(44)25-15-23-21(14-24(25)33(26)43)6-5-7-28(23)46-3/h5-7,14-15,20,22,27,29,31,35-37,39,43-45H,8-13,16-19H2,1-4H3/t20-,27-,29-,31-,35+,36+,37-,38-/m0/s1. The van der Waals surface area contributed by atoms with Crippen LogP contribution in [0.25, 0.3) is 21.5 Å². The van der Waals surface area contributed by atoms with Crippen molar-refractivity contribution >= 4 is 27.3 Å². The molecule has 1 aliphatic carbocycles. The molecule has 51 heavy (non-hydrogen) atoms. The van der Waals surface area contributed by atoms with Crippen LogP contribution in [-0.2, 0) is 34.9 Å². The molecule has 4 fully saturated rings. The molecule has 0 radical (unpaired) electrons. The average molecular weight is 708 g/mol. The molecule has 3 aromatic carbocycles. The second kappa shape index (κ2) is 13.7. The summed E-state index contributed by atoms with van der Waals surface area (Å²) in [6.07, 6.45) is -1.19. The highest BCUT2D eigenvalue weighted by atomic mass is 16.7. The predicted molar refractivity (Wildman–Crippen MR) is 187 cm³/mol. The van der Waals surface area contributed by atoms with Crippen molar-refractivity contribution in [3.05, 3.63) is 41.5 Å². The van der Waals surface area contributed by atoms with Gasteiger partial charge in [0.05, 0.1) is 32.5 Å². The number of nitrogens with zero attached hydrogens (tertiary/aromatic N) is 2. The monoisotopic (exact) mass is 707 g/mol. The zero-order valence-electron chi connectivity index (χ0n) is 29.7. The molecule has 0 unspecified atom stereocenters. The van der Waals surface area contributed by atoms with Crippen LogP contribution in [0, 0.1) is 0 Å². The summed E-state index contributed by atoms with van der Waals surface area (Å²) in [5, 5.41) is 42.0. The Bertz CT molecular complexity index is 1800. The number of aromatic hydroxyl groups is 2. The van der Waals surface area contributed by atoms with Crippen molar-refractivity contribution in [2.24, 2.45) is 0 Å². The first-order chi connectivity index (χ1) is 24.6. The van der Waals surface area contributed by atoms with Crippen LogP contribution in [0.3, 0.4) is 0 Å². The minimum absolute atomic E-state index is 0.0492.